The van der Waals surface area contributed by atoms with E-state index in [0.29, 0.717) is 30.9 Å². The Morgan fingerprint density at radius 1 is 1.19 bits per heavy atom. The number of carbonyl (C=O) groups is 1. The van der Waals surface area contributed by atoms with Crippen LogP contribution in [0, 0.1) is 5.41 Å². The third-order valence-corrected chi connectivity index (χ3v) is 7.54. The van der Waals surface area contributed by atoms with Crippen LogP contribution in [0.5, 0.6) is 0 Å². The molecule has 0 aliphatic carbocycles. The maximum Gasteiger partial charge on any atom is 0.243 e. The van der Waals surface area contributed by atoms with E-state index in [0.717, 1.165) is 10.7 Å². The van der Waals surface area contributed by atoms with E-state index in [-0.39, 0.29) is 16.1 Å². The second-order valence-corrected chi connectivity index (χ2v) is 10.2. The van der Waals surface area contributed by atoms with E-state index in [9.17, 15) is 13.2 Å². The molecule has 0 amide bonds. The van der Waals surface area contributed by atoms with Gasteiger partial charge < -0.3 is 4.57 Å². The third-order valence-electron chi connectivity index (χ3n) is 4.51. The smallest absolute Gasteiger partial charge is 0.243 e. The Kier molecular flexibility index (Phi) is 6.76. The zero-order valence-electron chi connectivity index (χ0n) is 16.9. The molecule has 0 spiro atoms. The first-order chi connectivity index (χ1) is 12.6. The van der Waals surface area contributed by atoms with Gasteiger partial charge in [-0.1, -0.05) is 46.4 Å². The number of fused-ring (bicyclic) bond motifs is 1. The van der Waals surface area contributed by atoms with Gasteiger partial charge in [-0.3, -0.25) is 4.79 Å². The van der Waals surface area contributed by atoms with E-state index < -0.39 is 10.0 Å². The monoisotopic (exact) mass is 411 g/mol. The first-order valence-electron chi connectivity index (χ1n) is 9.22. The van der Waals surface area contributed by atoms with Crippen LogP contribution in [0.4, 0.5) is 0 Å². The summed E-state index contributed by atoms with van der Waals surface area (Å²) in [7, 11) is -3.52. The zero-order valence-corrected chi connectivity index (χ0v) is 18.6. The minimum Gasteiger partial charge on any atom is -0.319 e. The Labute approximate surface area is 166 Å². The molecule has 1 heterocycles. The predicted octanol–water partition coefficient (Wildman–Crippen LogP) is 3.79. The summed E-state index contributed by atoms with van der Waals surface area (Å²) in [6, 6.07) is 5.07. The van der Waals surface area contributed by atoms with Crippen molar-refractivity contribution in [1.82, 2.24) is 13.9 Å². The van der Waals surface area contributed by atoms with Crippen molar-refractivity contribution < 1.29 is 13.2 Å². The van der Waals surface area contributed by atoms with Gasteiger partial charge in [0, 0.05) is 25.0 Å². The molecule has 1 aromatic carbocycles. The largest absolute Gasteiger partial charge is 0.319 e. The van der Waals surface area contributed by atoms with Crippen LogP contribution in [0.1, 0.15) is 41.5 Å². The van der Waals surface area contributed by atoms with Gasteiger partial charge in [-0.05, 0) is 25.1 Å². The van der Waals surface area contributed by atoms with Gasteiger partial charge in [0.15, 0.2) is 5.16 Å². The molecule has 8 heteroatoms. The Hall–Kier alpha value is -1.38. The molecule has 0 fully saturated rings. The molecule has 27 heavy (non-hydrogen) atoms. The van der Waals surface area contributed by atoms with Crippen LogP contribution in [0.25, 0.3) is 11.0 Å². The van der Waals surface area contributed by atoms with E-state index >= 15 is 0 Å². The predicted molar refractivity (Wildman–Crippen MR) is 111 cm³/mol. The van der Waals surface area contributed by atoms with Gasteiger partial charge in [-0.2, -0.15) is 4.31 Å². The molecule has 0 unspecified atom stereocenters. The average molecular weight is 412 g/mol. The van der Waals surface area contributed by atoms with Crippen molar-refractivity contribution in [2.45, 2.75) is 58.1 Å². The van der Waals surface area contributed by atoms with E-state index in [2.05, 4.69) is 4.98 Å². The summed E-state index contributed by atoms with van der Waals surface area (Å²) in [5.41, 5.74) is 1.12. The number of benzene rings is 1. The summed E-state index contributed by atoms with van der Waals surface area (Å²) in [6.07, 6.45) is 0. The number of carbonyl (C=O) groups excluding carboxylic acids is 1. The summed E-state index contributed by atoms with van der Waals surface area (Å²) in [5.74, 6) is 0.504. The minimum atomic E-state index is -3.52. The third kappa shape index (κ3) is 4.55. The Balaban J connectivity index is 2.41. The van der Waals surface area contributed by atoms with Crippen molar-refractivity contribution in [2.24, 2.45) is 5.41 Å². The molecule has 6 nitrogen and oxygen atoms in total. The minimum absolute atomic E-state index is 0.159. The number of imidazole rings is 1. The number of hydrogen-bond acceptors (Lipinski definition) is 5. The molecule has 0 aliphatic rings. The van der Waals surface area contributed by atoms with Crippen LogP contribution in [-0.2, 0) is 21.4 Å². The fraction of sp³-hybridized carbons (Fsp3) is 0.579. The van der Waals surface area contributed by atoms with Crippen molar-refractivity contribution >= 4 is 38.6 Å². The van der Waals surface area contributed by atoms with Gasteiger partial charge in [0.2, 0.25) is 10.0 Å². The van der Waals surface area contributed by atoms with E-state index in [4.69, 9.17) is 0 Å². The molecule has 0 radical (unpaired) electrons. The highest BCUT2D eigenvalue weighted by molar-refractivity contribution is 7.99. The molecule has 0 aliphatic heterocycles. The summed E-state index contributed by atoms with van der Waals surface area (Å²) in [5, 5.41) is 0.738. The highest BCUT2D eigenvalue weighted by atomic mass is 32.2. The summed E-state index contributed by atoms with van der Waals surface area (Å²) in [4.78, 5) is 17.1. The lowest BCUT2D eigenvalue weighted by Crippen LogP contribution is -2.30. The highest BCUT2D eigenvalue weighted by Gasteiger charge is 2.24. The Morgan fingerprint density at radius 2 is 1.81 bits per heavy atom. The maximum absolute atomic E-state index is 12.8. The Bertz CT molecular complexity index is 924. The summed E-state index contributed by atoms with van der Waals surface area (Å²) in [6.45, 7) is 12.9. The van der Waals surface area contributed by atoms with E-state index in [1.54, 1.807) is 18.2 Å². The van der Waals surface area contributed by atoms with Gasteiger partial charge >= 0.3 is 0 Å². The zero-order chi connectivity index (χ0) is 20.4. The van der Waals surface area contributed by atoms with Gasteiger partial charge in [0.1, 0.15) is 5.78 Å². The topological polar surface area (TPSA) is 72.3 Å². The van der Waals surface area contributed by atoms with Crippen molar-refractivity contribution in [3.05, 3.63) is 18.2 Å². The number of hydrogen-bond donors (Lipinski definition) is 0. The molecule has 0 bridgehead atoms. The van der Waals surface area contributed by atoms with Crippen molar-refractivity contribution in [3.8, 4) is 0 Å². The lowest BCUT2D eigenvalue weighted by molar-refractivity contribution is -0.123. The van der Waals surface area contributed by atoms with Crippen molar-refractivity contribution in [3.63, 3.8) is 0 Å². The first-order valence-corrected chi connectivity index (χ1v) is 11.6. The molecule has 150 valence electrons. The first kappa shape index (κ1) is 21.9. The molecule has 0 saturated carbocycles. The van der Waals surface area contributed by atoms with Crippen LogP contribution < -0.4 is 0 Å². The molecular weight excluding hydrogens is 382 g/mol. The van der Waals surface area contributed by atoms with Gasteiger partial charge in [-0.25, -0.2) is 13.4 Å². The van der Waals surface area contributed by atoms with Gasteiger partial charge in [0.25, 0.3) is 0 Å². The molecule has 1 aromatic heterocycles. The van der Waals surface area contributed by atoms with Crippen LogP contribution in [-0.4, -0.2) is 46.9 Å². The number of sulfonamides is 1. The van der Waals surface area contributed by atoms with Crippen molar-refractivity contribution in [2.75, 3.05) is 18.8 Å². The second kappa shape index (κ2) is 8.32. The second-order valence-electron chi connectivity index (χ2n) is 7.34. The number of ketones is 1. The quantitative estimate of drug-likeness (QED) is 0.618. The summed E-state index contributed by atoms with van der Waals surface area (Å²) < 4.78 is 29.0. The number of rotatable bonds is 8. The van der Waals surface area contributed by atoms with Crippen molar-refractivity contribution in [1.29, 1.82) is 0 Å². The molecule has 2 rings (SSSR count). The van der Waals surface area contributed by atoms with Gasteiger partial charge in [-0.15, -0.1) is 0 Å². The Morgan fingerprint density at radius 3 is 2.33 bits per heavy atom. The molecular formula is C19H29N3O3S2. The number of aromatic nitrogens is 2. The van der Waals surface area contributed by atoms with E-state index in [1.807, 2.05) is 46.1 Å². The molecule has 0 saturated heterocycles. The number of Topliss-reactive ketones (excluding diaryl/α,β-unsaturated/α-hetero) is 1. The highest BCUT2D eigenvalue weighted by Crippen LogP contribution is 2.28. The average Bonchev–Trinajstić information content (AvgIpc) is 2.96. The molecule has 0 atom stereocenters. The standard InChI is InChI=1S/C19H29N3O3S2/c1-7-21(8-2)27(24,25)14-10-11-16-15(12-14)20-18(22(16)9-3)26-13-17(23)19(4,5)6/h10-12H,7-9,13H2,1-6H3. The normalized spacial score (nSPS) is 12.9. The van der Waals surface area contributed by atoms with Gasteiger partial charge in [0.05, 0.1) is 21.7 Å². The number of nitrogens with zero attached hydrogens (tertiary/aromatic N) is 3. The molecule has 2 aromatic rings. The summed E-state index contributed by atoms with van der Waals surface area (Å²) >= 11 is 1.40. The van der Waals surface area contributed by atoms with E-state index in [1.165, 1.54) is 16.1 Å². The number of thioether (sulfide) groups is 1. The number of aryl methyl sites for hydroxylation is 1. The lowest BCUT2D eigenvalue weighted by Gasteiger charge is -2.18. The fourth-order valence-electron chi connectivity index (χ4n) is 2.72. The lowest BCUT2D eigenvalue weighted by atomic mass is 9.92. The fourth-order valence-corrected chi connectivity index (χ4v) is 5.44. The van der Waals surface area contributed by atoms with Crippen LogP contribution >= 0.6 is 11.8 Å². The SMILES string of the molecule is CCN(CC)S(=O)(=O)c1ccc2c(c1)nc(SCC(=O)C(C)(C)C)n2CC. The maximum atomic E-state index is 12.8. The molecule has 0 N–H and O–H groups in total. The van der Waals surface area contributed by atoms with Crippen LogP contribution in [0.3, 0.4) is 0 Å². The van der Waals surface area contributed by atoms with Crippen LogP contribution in [0.2, 0.25) is 0 Å². The van der Waals surface area contributed by atoms with Crippen LogP contribution in [0.15, 0.2) is 28.3 Å².